The van der Waals surface area contributed by atoms with Crippen molar-refractivity contribution < 1.29 is 24.2 Å². The Labute approximate surface area is 245 Å². The summed E-state index contributed by atoms with van der Waals surface area (Å²) in [6, 6.07) is 15.8. The van der Waals surface area contributed by atoms with E-state index in [4.69, 9.17) is 14.6 Å². The third-order valence-corrected chi connectivity index (χ3v) is 7.09. The van der Waals surface area contributed by atoms with E-state index >= 15 is 0 Å². The predicted molar refractivity (Wildman–Crippen MR) is 160 cm³/mol. The summed E-state index contributed by atoms with van der Waals surface area (Å²) in [6.45, 7) is 6.99. The van der Waals surface area contributed by atoms with Crippen molar-refractivity contribution in [2.45, 2.75) is 39.7 Å². The molecule has 0 bridgehead atoms. The van der Waals surface area contributed by atoms with Gasteiger partial charge in [-0.25, -0.2) is 0 Å². The van der Waals surface area contributed by atoms with E-state index in [0.717, 1.165) is 40.8 Å². The zero-order valence-corrected chi connectivity index (χ0v) is 24.0. The molecule has 0 radical (unpaired) electrons. The molecule has 0 spiro atoms. The zero-order chi connectivity index (χ0) is 30.1. The zero-order valence-electron chi connectivity index (χ0n) is 24.0. The highest BCUT2D eigenvalue weighted by atomic mass is 16.5. The number of amides is 2. The van der Waals surface area contributed by atoms with E-state index in [1.165, 1.54) is 5.56 Å². The Morgan fingerprint density at radius 2 is 1.69 bits per heavy atom. The Balaban J connectivity index is 0.00000129. The van der Waals surface area contributed by atoms with E-state index < -0.39 is 0 Å². The van der Waals surface area contributed by atoms with Crippen LogP contribution in [0.2, 0.25) is 0 Å². The number of benzene rings is 2. The number of aromatic nitrogens is 3. The summed E-state index contributed by atoms with van der Waals surface area (Å²) in [6.07, 6.45) is 8.65. The smallest absolute Gasteiger partial charge is 0.290 e. The largest absolute Gasteiger partial charge is 0.483 e. The number of ether oxygens (including phenoxy) is 1. The molecule has 1 aliphatic heterocycles. The van der Waals surface area contributed by atoms with E-state index in [1.807, 2.05) is 91.3 Å². The van der Waals surface area contributed by atoms with Gasteiger partial charge in [0.2, 0.25) is 0 Å². The molecule has 10 nitrogen and oxygen atoms in total. The fraction of sp³-hybridized carbons (Fsp3) is 0.281. The van der Waals surface area contributed by atoms with Gasteiger partial charge in [0.05, 0.1) is 17.9 Å². The fourth-order valence-corrected chi connectivity index (χ4v) is 5.19. The van der Waals surface area contributed by atoms with Crippen LogP contribution in [0.15, 0.2) is 73.3 Å². The minimum atomic E-state index is -0.250. The van der Waals surface area contributed by atoms with Gasteiger partial charge in [0.15, 0.2) is 6.61 Å². The molecule has 3 heterocycles. The summed E-state index contributed by atoms with van der Waals surface area (Å²) in [5, 5.41) is 14.2. The van der Waals surface area contributed by atoms with Crippen molar-refractivity contribution in [2.75, 3.05) is 25.0 Å². The first-order valence-corrected chi connectivity index (χ1v) is 13.7. The first-order chi connectivity index (χ1) is 20.3. The number of piperidine rings is 1. The van der Waals surface area contributed by atoms with Crippen molar-refractivity contribution >= 4 is 24.0 Å². The van der Waals surface area contributed by atoms with E-state index in [1.54, 1.807) is 12.4 Å². The summed E-state index contributed by atoms with van der Waals surface area (Å²) in [4.78, 5) is 40.0. The third-order valence-electron chi connectivity index (χ3n) is 7.09. The highest BCUT2D eigenvalue weighted by Gasteiger charge is 2.25. The monoisotopic (exact) mass is 569 g/mol. The molecule has 1 fully saturated rings. The van der Waals surface area contributed by atoms with Crippen molar-refractivity contribution in [3.05, 3.63) is 95.6 Å². The van der Waals surface area contributed by atoms with Crippen LogP contribution in [0.5, 0.6) is 5.75 Å². The number of anilines is 1. The summed E-state index contributed by atoms with van der Waals surface area (Å²) in [7, 11) is 0. The number of nitrogens with zero attached hydrogens (tertiary/aromatic N) is 4. The SMILES string of the molecule is Cc1cc(C)c(OCC(=O)Nc2cnn(C3CCN(C(=O)c4ccc(-c5cccnc5)cc4)CC3)c2)c(C)c1.O=CO. The highest BCUT2D eigenvalue weighted by molar-refractivity contribution is 5.95. The number of carbonyl (C=O) groups is 3. The van der Waals surface area contributed by atoms with Gasteiger partial charge >= 0.3 is 0 Å². The van der Waals surface area contributed by atoms with Gasteiger partial charge in [-0.2, -0.15) is 5.10 Å². The Hall–Kier alpha value is -4.99. The second-order valence-electron chi connectivity index (χ2n) is 10.2. The molecule has 4 aromatic rings. The molecule has 0 unspecified atom stereocenters. The Kier molecular flexibility index (Phi) is 10.0. The number of carbonyl (C=O) groups excluding carboxylic acids is 2. The minimum absolute atomic E-state index is 0.0404. The van der Waals surface area contributed by atoms with Crippen LogP contribution >= 0.6 is 0 Å². The summed E-state index contributed by atoms with van der Waals surface area (Å²) in [5.74, 6) is 0.555. The van der Waals surface area contributed by atoms with Gasteiger partial charge in [-0.3, -0.25) is 24.0 Å². The Morgan fingerprint density at radius 3 is 2.31 bits per heavy atom. The van der Waals surface area contributed by atoms with Gasteiger partial charge in [-0.1, -0.05) is 35.9 Å². The van der Waals surface area contributed by atoms with Crippen molar-refractivity contribution in [2.24, 2.45) is 0 Å². The van der Waals surface area contributed by atoms with Gasteiger partial charge < -0.3 is 20.1 Å². The molecular formula is C32H35N5O5. The summed E-state index contributed by atoms with van der Waals surface area (Å²) < 4.78 is 7.68. The average molecular weight is 570 g/mol. The molecule has 1 saturated heterocycles. The van der Waals surface area contributed by atoms with Crippen molar-refractivity contribution in [3.63, 3.8) is 0 Å². The van der Waals surface area contributed by atoms with Crippen LogP contribution in [0, 0.1) is 20.8 Å². The predicted octanol–water partition coefficient (Wildman–Crippen LogP) is 5.07. The first-order valence-electron chi connectivity index (χ1n) is 13.7. The lowest BCUT2D eigenvalue weighted by Crippen LogP contribution is -2.39. The summed E-state index contributed by atoms with van der Waals surface area (Å²) >= 11 is 0. The summed E-state index contributed by atoms with van der Waals surface area (Å²) in [5.41, 5.74) is 6.57. The first kappa shape index (κ1) is 30.0. The molecule has 218 valence electrons. The minimum Gasteiger partial charge on any atom is -0.483 e. The number of hydrogen-bond acceptors (Lipinski definition) is 6. The molecule has 2 amide bonds. The molecule has 10 heteroatoms. The lowest BCUT2D eigenvalue weighted by Gasteiger charge is -2.32. The molecular weight excluding hydrogens is 534 g/mol. The van der Waals surface area contributed by atoms with Crippen molar-refractivity contribution in [1.29, 1.82) is 0 Å². The Morgan fingerprint density at radius 1 is 1.02 bits per heavy atom. The van der Waals surface area contributed by atoms with Gasteiger partial charge in [0.25, 0.3) is 18.3 Å². The van der Waals surface area contributed by atoms with Crippen LogP contribution in [0.25, 0.3) is 11.1 Å². The van der Waals surface area contributed by atoms with Crippen molar-refractivity contribution in [1.82, 2.24) is 19.7 Å². The maximum Gasteiger partial charge on any atom is 0.290 e. The second-order valence-corrected chi connectivity index (χ2v) is 10.2. The van der Waals surface area contributed by atoms with Gasteiger partial charge in [-0.15, -0.1) is 0 Å². The van der Waals surface area contributed by atoms with Crippen LogP contribution in [0.3, 0.4) is 0 Å². The number of pyridine rings is 1. The standard InChI is InChI=1S/C31H33N5O3.CH2O2/c1-21-15-22(2)30(23(3)16-21)39-20-29(37)34-27-18-33-36(19-27)28-10-13-35(14-11-28)31(38)25-8-6-24(7-9-25)26-5-4-12-32-17-26;2-1-3/h4-9,12,15-19,28H,10-11,13-14,20H2,1-3H3,(H,34,37);1H,(H,2,3). The van der Waals surface area contributed by atoms with Crippen LogP contribution < -0.4 is 10.1 Å². The third kappa shape index (κ3) is 7.60. The molecule has 42 heavy (non-hydrogen) atoms. The second kappa shape index (κ2) is 14.1. The quantitative estimate of drug-likeness (QED) is 0.298. The van der Waals surface area contributed by atoms with Crippen molar-refractivity contribution in [3.8, 4) is 16.9 Å². The number of likely N-dealkylation sites (tertiary alicyclic amines) is 1. The van der Waals surface area contributed by atoms with Gasteiger partial charge in [0.1, 0.15) is 5.75 Å². The number of aryl methyl sites for hydroxylation is 3. The number of hydrogen-bond donors (Lipinski definition) is 2. The molecule has 1 aliphatic rings. The molecule has 2 aromatic heterocycles. The lowest BCUT2D eigenvalue weighted by molar-refractivity contribution is -0.123. The van der Waals surface area contributed by atoms with E-state index in [-0.39, 0.29) is 30.9 Å². The lowest BCUT2D eigenvalue weighted by atomic mass is 10.0. The van der Waals surface area contributed by atoms with Crippen LogP contribution in [-0.2, 0) is 9.59 Å². The molecule has 0 atom stereocenters. The van der Waals surface area contributed by atoms with Gasteiger partial charge in [0, 0.05) is 37.2 Å². The van der Waals surface area contributed by atoms with E-state index in [9.17, 15) is 9.59 Å². The number of nitrogens with one attached hydrogen (secondary N) is 1. The number of carboxylic acid groups (broad SMARTS) is 1. The molecule has 0 saturated carbocycles. The molecule has 2 aromatic carbocycles. The van der Waals surface area contributed by atoms with Gasteiger partial charge in [-0.05, 0) is 74.1 Å². The maximum absolute atomic E-state index is 13.1. The molecule has 2 N–H and O–H groups in total. The Bertz CT molecular complexity index is 1490. The van der Waals surface area contributed by atoms with Crippen LogP contribution in [0.4, 0.5) is 5.69 Å². The van der Waals surface area contributed by atoms with Crippen LogP contribution in [-0.4, -0.2) is 62.8 Å². The van der Waals surface area contributed by atoms with Crippen LogP contribution in [0.1, 0.15) is 45.9 Å². The maximum atomic E-state index is 13.1. The molecule has 5 rings (SSSR count). The van der Waals surface area contributed by atoms with E-state index in [0.29, 0.717) is 24.3 Å². The normalized spacial score (nSPS) is 13.1. The number of rotatable bonds is 7. The highest BCUT2D eigenvalue weighted by Crippen LogP contribution is 2.26. The van der Waals surface area contributed by atoms with E-state index in [2.05, 4.69) is 15.4 Å². The average Bonchev–Trinajstić information content (AvgIpc) is 3.45. The molecule has 0 aliphatic carbocycles. The fourth-order valence-electron chi connectivity index (χ4n) is 5.19. The topological polar surface area (TPSA) is 127 Å².